The van der Waals surface area contributed by atoms with Crippen LogP contribution in [0.4, 0.5) is 0 Å². The van der Waals surface area contributed by atoms with Gasteiger partial charge in [-0.2, -0.15) is 5.10 Å². The predicted octanol–water partition coefficient (Wildman–Crippen LogP) is 0.898. The fourth-order valence-electron chi connectivity index (χ4n) is 2.53. The highest BCUT2D eigenvalue weighted by Crippen LogP contribution is 2.24. The van der Waals surface area contributed by atoms with Crippen LogP contribution in [-0.4, -0.2) is 33.8 Å². The van der Waals surface area contributed by atoms with Gasteiger partial charge in [0.1, 0.15) is 0 Å². The Kier molecular flexibility index (Phi) is 3.30. The van der Waals surface area contributed by atoms with Crippen LogP contribution in [0, 0.1) is 12.8 Å². The standard InChI is InChI=1S/C12H22N4/c1-9-4-11(5-13)7-16(9)8-12-6-14-15(3)10(12)2/h6,9,11H,4-5,7-8,13H2,1-3H3. The van der Waals surface area contributed by atoms with E-state index >= 15 is 0 Å². The number of hydrogen-bond donors (Lipinski definition) is 1. The summed E-state index contributed by atoms with van der Waals surface area (Å²) in [6, 6.07) is 0.646. The van der Waals surface area contributed by atoms with Crippen molar-refractivity contribution >= 4 is 0 Å². The van der Waals surface area contributed by atoms with Crippen LogP contribution in [0.2, 0.25) is 0 Å². The molecule has 0 saturated carbocycles. The lowest BCUT2D eigenvalue weighted by atomic mass is 10.1. The van der Waals surface area contributed by atoms with Crippen molar-refractivity contribution < 1.29 is 0 Å². The molecule has 4 heteroatoms. The Labute approximate surface area is 97.4 Å². The average Bonchev–Trinajstić information content (AvgIpc) is 2.77. The summed E-state index contributed by atoms with van der Waals surface area (Å²) >= 11 is 0. The van der Waals surface area contributed by atoms with E-state index in [0.717, 1.165) is 19.6 Å². The van der Waals surface area contributed by atoms with Gasteiger partial charge in [-0.15, -0.1) is 0 Å². The second-order valence-corrected chi connectivity index (χ2v) is 4.99. The van der Waals surface area contributed by atoms with Crippen molar-refractivity contribution in [1.29, 1.82) is 0 Å². The van der Waals surface area contributed by atoms with Crippen molar-refractivity contribution in [3.63, 3.8) is 0 Å². The third-order valence-corrected chi connectivity index (χ3v) is 3.83. The molecule has 0 spiro atoms. The Hall–Kier alpha value is -0.870. The average molecular weight is 222 g/mol. The summed E-state index contributed by atoms with van der Waals surface area (Å²) in [6.45, 7) is 7.38. The molecule has 1 aliphatic heterocycles. The normalized spacial score (nSPS) is 26.5. The van der Waals surface area contributed by atoms with Crippen LogP contribution < -0.4 is 5.73 Å². The molecule has 1 aliphatic rings. The number of hydrogen-bond acceptors (Lipinski definition) is 3. The second kappa shape index (κ2) is 4.55. The predicted molar refractivity (Wildman–Crippen MR) is 65.0 cm³/mol. The summed E-state index contributed by atoms with van der Waals surface area (Å²) in [5.74, 6) is 0.673. The van der Waals surface area contributed by atoms with Crippen molar-refractivity contribution in [2.45, 2.75) is 32.9 Å². The molecule has 2 unspecified atom stereocenters. The molecule has 1 aromatic heterocycles. The summed E-state index contributed by atoms with van der Waals surface area (Å²) in [5, 5.41) is 4.29. The highest BCUT2D eigenvalue weighted by atomic mass is 15.3. The van der Waals surface area contributed by atoms with Gasteiger partial charge in [0.05, 0.1) is 6.20 Å². The number of aryl methyl sites for hydroxylation is 1. The van der Waals surface area contributed by atoms with Crippen molar-refractivity contribution in [3.8, 4) is 0 Å². The van der Waals surface area contributed by atoms with Crippen LogP contribution in [-0.2, 0) is 13.6 Å². The van der Waals surface area contributed by atoms with E-state index in [0.29, 0.717) is 12.0 Å². The van der Waals surface area contributed by atoms with Gasteiger partial charge in [-0.05, 0) is 32.7 Å². The van der Waals surface area contributed by atoms with Gasteiger partial charge in [0.15, 0.2) is 0 Å². The van der Waals surface area contributed by atoms with E-state index in [9.17, 15) is 0 Å². The van der Waals surface area contributed by atoms with Crippen LogP contribution >= 0.6 is 0 Å². The van der Waals surface area contributed by atoms with E-state index in [4.69, 9.17) is 5.73 Å². The molecule has 0 bridgehead atoms. The number of nitrogens with two attached hydrogens (primary N) is 1. The zero-order chi connectivity index (χ0) is 11.7. The van der Waals surface area contributed by atoms with Gasteiger partial charge in [0.2, 0.25) is 0 Å². The topological polar surface area (TPSA) is 47.1 Å². The summed E-state index contributed by atoms with van der Waals surface area (Å²) in [5.41, 5.74) is 8.35. The van der Waals surface area contributed by atoms with Crippen LogP contribution in [0.3, 0.4) is 0 Å². The van der Waals surface area contributed by atoms with Gasteiger partial charge in [-0.25, -0.2) is 0 Å². The lowest BCUT2D eigenvalue weighted by Crippen LogP contribution is -2.27. The Balaban J connectivity index is 2.02. The third-order valence-electron chi connectivity index (χ3n) is 3.83. The largest absolute Gasteiger partial charge is 0.330 e. The Morgan fingerprint density at radius 1 is 1.56 bits per heavy atom. The molecule has 2 heterocycles. The van der Waals surface area contributed by atoms with Crippen LogP contribution in [0.15, 0.2) is 6.20 Å². The maximum Gasteiger partial charge on any atom is 0.0537 e. The molecular formula is C12H22N4. The van der Waals surface area contributed by atoms with E-state index < -0.39 is 0 Å². The Morgan fingerprint density at radius 3 is 2.81 bits per heavy atom. The van der Waals surface area contributed by atoms with Gasteiger partial charge in [0, 0.05) is 37.4 Å². The first kappa shape index (κ1) is 11.6. The van der Waals surface area contributed by atoms with Crippen molar-refractivity contribution in [2.24, 2.45) is 18.7 Å². The van der Waals surface area contributed by atoms with Crippen LogP contribution in [0.25, 0.3) is 0 Å². The minimum Gasteiger partial charge on any atom is -0.330 e. The third kappa shape index (κ3) is 2.13. The Morgan fingerprint density at radius 2 is 2.31 bits per heavy atom. The number of rotatable bonds is 3. The summed E-state index contributed by atoms with van der Waals surface area (Å²) in [7, 11) is 1.99. The second-order valence-electron chi connectivity index (χ2n) is 4.99. The minimum absolute atomic E-state index is 0.646. The lowest BCUT2D eigenvalue weighted by Gasteiger charge is -2.20. The van der Waals surface area contributed by atoms with Crippen molar-refractivity contribution in [3.05, 3.63) is 17.5 Å². The van der Waals surface area contributed by atoms with E-state index in [1.54, 1.807) is 0 Å². The molecule has 2 rings (SSSR count). The maximum absolute atomic E-state index is 5.74. The summed E-state index contributed by atoms with van der Waals surface area (Å²) in [4.78, 5) is 2.52. The minimum atomic E-state index is 0.646. The fraction of sp³-hybridized carbons (Fsp3) is 0.750. The van der Waals surface area contributed by atoms with E-state index in [2.05, 4.69) is 23.8 Å². The van der Waals surface area contributed by atoms with Gasteiger partial charge in [0.25, 0.3) is 0 Å². The molecule has 0 radical (unpaired) electrons. The first-order chi connectivity index (χ1) is 7.61. The zero-order valence-corrected chi connectivity index (χ0v) is 10.5. The molecule has 90 valence electrons. The first-order valence-electron chi connectivity index (χ1n) is 6.03. The van der Waals surface area contributed by atoms with Crippen molar-refractivity contribution in [2.75, 3.05) is 13.1 Å². The lowest BCUT2D eigenvalue weighted by molar-refractivity contribution is 0.255. The number of nitrogens with zero attached hydrogens (tertiary/aromatic N) is 3. The van der Waals surface area contributed by atoms with Crippen molar-refractivity contribution in [1.82, 2.24) is 14.7 Å². The summed E-state index contributed by atoms with van der Waals surface area (Å²) < 4.78 is 1.94. The zero-order valence-electron chi connectivity index (χ0n) is 10.5. The van der Waals surface area contributed by atoms with Crippen LogP contribution in [0.5, 0.6) is 0 Å². The van der Waals surface area contributed by atoms with E-state index in [-0.39, 0.29) is 0 Å². The van der Waals surface area contributed by atoms with E-state index in [1.165, 1.54) is 17.7 Å². The maximum atomic E-state index is 5.74. The van der Waals surface area contributed by atoms with Gasteiger partial charge in [-0.1, -0.05) is 0 Å². The number of likely N-dealkylation sites (tertiary alicyclic amines) is 1. The summed E-state index contributed by atoms with van der Waals surface area (Å²) in [6.07, 6.45) is 3.22. The molecule has 0 aliphatic carbocycles. The van der Waals surface area contributed by atoms with Gasteiger partial charge < -0.3 is 5.73 Å². The molecule has 1 aromatic rings. The molecule has 16 heavy (non-hydrogen) atoms. The van der Waals surface area contributed by atoms with Gasteiger partial charge >= 0.3 is 0 Å². The molecule has 4 nitrogen and oxygen atoms in total. The fourth-order valence-corrected chi connectivity index (χ4v) is 2.53. The molecule has 0 amide bonds. The molecule has 2 atom stereocenters. The highest BCUT2D eigenvalue weighted by Gasteiger charge is 2.28. The Bertz CT molecular complexity index is 358. The molecule has 2 N–H and O–H groups in total. The quantitative estimate of drug-likeness (QED) is 0.826. The monoisotopic (exact) mass is 222 g/mol. The molecule has 1 fully saturated rings. The molecule has 0 aromatic carbocycles. The highest BCUT2D eigenvalue weighted by molar-refractivity contribution is 5.16. The van der Waals surface area contributed by atoms with Gasteiger partial charge in [-0.3, -0.25) is 9.58 Å². The molecular weight excluding hydrogens is 200 g/mol. The van der Waals surface area contributed by atoms with Crippen LogP contribution in [0.1, 0.15) is 24.6 Å². The smallest absolute Gasteiger partial charge is 0.0537 e. The molecule has 1 saturated heterocycles. The van der Waals surface area contributed by atoms with E-state index in [1.807, 2.05) is 17.9 Å². The SMILES string of the molecule is Cc1c(CN2CC(CN)CC2C)cnn1C. The first-order valence-corrected chi connectivity index (χ1v) is 6.03. The number of aromatic nitrogens is 2.